The molecule has 1 aliphatic rings. The lowest BCUT2D eigenvalue weighted by atomic mass is 10.2. The molecule has 1 heterocycles. The smallest absolute Gasteiger partial charge is 0.294 e. The van der Waals surface area contributed by atoms with Crippen LogP contribution in [-0.4, -0.2) is 28.5 Å². The van der Waals surface area contributed by atoms with Crippen molar-refractivity contribution < 1.29 is 19.1 Å². The van der Waals surface area contributed by atoms with E-state index in [1.165, 1.54) is 0 Å². The number of thioether (sulfide) groups is 1. The molecule has 9 heteroatoms. The molecule has 0 unspecified atom stereocenters. The highest BCUT2D eigenvalue weighted by atomic mass is 127. The van der Waals surface area contributed by atoms with E-state index < -0.39 is 17.1 Å². The van der Waals surface area contributed by atoms with Crippen molar-refractivity contribution in [3.8, 4) is 5.75 Å². The molecule has 1 saturated heterocycles. The Kier molecular flexibility index (Phi) is 7.91. The molecule has 6 nitrogen and oxygen atoms in total. The first-order chi connectivity index (χ1) is 16.4. The van der Waals surface area contributed by atoms with E-state index in [0.29, 0.717) is 28.6 Å². The van der Waals surface area contributed by atoms with Crippen LogP contribution in [0.4, 0.5) is 10.5 Å². The number of benzene rings is 3. The number of nitrogens with one attached hydrogen (secondary N) is 1. The number of imide groups is 1. The SMILES string of the molecule is O=C(CN1C(=O)S/C(=C/c2cccc(OCc3ccccc3Cl)c2)C1=O)Nc1ccc(I)cc1. The van der Waals surface area contributed by atoms with Gasteiger partial charge in [0.05, 0.1) is 4.91 Å². The summed E-state index contributed by atoms with van der Waals surface area (Å²) in [5.74, 6) is -0.348. The predicted octanol–water partition coefficient (Wildman–Crippen LogP) is 6.20. The maximum absolute atomic E-state index is 12.8. The summed E-state index contributed by atoms with van der Waals surface area (Å²) in [6.07, 6.45) is 1.62. The van der Waals surface area contributed by atoms with Gasteiger partial charge < -0.3 is 10.1 Å². The summed E-state index contributed by atoms with van der Waals surface area (Å²) in [5.41, 5.74) is 2.16. The van der Waals surface area contributed by atoms with Crippen molar-refractivity contribution in [2.24, 2.45) is 0 Å². The molecule has 172 valence electrons. The minimum Gasteiger partial charge on any atom is -0.489 e. The topological polar surface area (TPSA) is 75.7 Å². The summed E-state index contributed by atoms with van der Waals surface area (Å²) < 4.78 is 6.86. The Bertz CT molecular complexity index is 1280. The van der Waals surface area contributed by atoms with Crippen LogP contribution in [0, 0.1) is 3.57 Å². The van der Waals surface area contributed by atoms with Crippen LogP contribution in [-0.2, 0) is 16.2 Å². The maximum Gasteiger partial charge on any atom is 0.294 e. The molecule has 4 rings (SSSR count). The number of rotatable bonds is 7. The van der Waals surface area contributed by atoms with Gasteiger partial charge in [-0.3, -0.25) is 19.3 Å². The standard InChI is InChI=1S/C25H18ClIN2O4S/c26-21-7-2-1-5-17(21)15-33-20-6-3-4-16(12-20)13-22-24(31)29(25(32)34-22)14-23(30)28-19-10-8-18(27)9-11-19/h1-13H,14-15H2,(H,28,30)/b22-13+. The van der Waals surface area contributed by atoms with Gasteiger partial charge in [0.1, 0.15) is 18.9 Å². The molecule has 0 bridgehead atoms. The zero-order chi connectivity index (χ0) is 24.1. The van der Waals surface area contributed by atoms with Gasteiger partial charge in [-0.1, -0.05) is 41.9 Å². The van der Waals surface area contributed by atoms with E-state index in [-0.39, 0.29) is 11.4 Å². The quantitative estimate of drug-likeness (QED) is 0.257. The molecule has 0 saturated carbocycles. The third kappa shape index (κ3) is 6.19. The lowest BCUT2D eigenvalue weighted by Gasteiger charge is -2.12. The van der Waals surface area contributed by atoms with Crippen LogP contribution in [0.5, 0.6) is 5.75 Å². The van der Waals surface area contributed by atoms with Crippen LogP contribution in [0.25, 0.3) is 6.08 Å². The first kappa shape index (κ1) is 24.3. The number of halogens is 2. The molecular formula is C25H18ClIN2O4S. The summed E-state index contributed by atoms with van der Waals surface area (Å²) in [7, 11) is 0. The van der Waals surface area contributed by atoms with E-state index in [2.05, 4.69) is 27.9 Å². The normalized spacial score (nSPS) is 14.5. The highest BCUT2D eigenvalue weighted by molar-refractivity contribution is 14.1. The largest absolute Gasteiger partial charge is 0.489 e. The Balaban J connectivity index is 1.40. The minimum absolute atomic E-state index is 0.246. The third-order valence-corrected chi connectivity index (χ3v) is 6.81. The van der Waals surface area contributed by atoms with Crippen LogP contribution in [0.15, 0.2) is 77.7 Å². The van der Waals surface area contributed by atoms with Crippen molar-refractivity contribution in [2.45, 2.75) is 6.61 Å². The minimum atomic E-state index is -0.504. The van der Waals surface area contributed by atoms with Gasteiger partial charge in [0.25, 0.3) is 11.1 Å². The molecule has 0 atom stereocenters. The number of nitrogens with zero attached hydrogens (tertiary/aromatic N) is 1. The molecule has 3 aromatic rings. The van der Waals surface area contributed by atoms with Gasteiger partial charge in [-0.15, -0.1) is 0 Å². The Hall–Kier alpha value is -2.82. The van der Waals surface area contributed by atoms with Crippen molar-refractivity contribution in [3.05, 3.63) is 97.4 Å². The van der Waals surface area contributed by atoms with Crippen LogP contribution in [0.1, 0.15) is 11.1 Å². The highest BCUT2D eigenvalue weighted by Crippen LogP contribution is 2.32. The molecule has 3 amide bonds. The molecule has 0 spiro atoms. The van der Waals surface area contributed by atoms with E-state index >= 15 is 0 Å². The second kappa shape index (κ2) is 11.1. The van der Waals surface area contributed by atoms with Gasteiger partial charge in [0, 0.05) is 19.8 Å². The summed E-state index contributed by atoms with van der Waals surface area (Å²) in [5, 5.41) is 2.84. The second-order valence-corrected chi connectivity index (χ2v) is 9.92. The number of carbonyl (C=O) groups is 3. The van der Waals surface area contributed by atoms with Crippen LogP contribution in [0.2, 0.25) is 5.02 Å². The number of ether oxygens (including phenoxy) is 1. The molecule has 0 aliphatic carbocycles. The fraction of sp³-hybridized carbons (Fsp3) is 0.0800. The number of hydrogen-bond acceptors (Lipinski definition) is 5. The first-order valence-electron chi connectivity index (χ1n) is 10.2. The molecule has 0 radical (unpaired) electrons. The summed E-state index contributed by atoms with van der Waals surface area (Å²) in [6, 6.07) is 21.8. The molecule has 1 aliphatic heterocycles. The second-order valence-electron chi connectivity index (χ2n) is 7.28. The van der Waals surface area contributed by atoms with E-state index in [1.807, 2.05) is 30.3 Å². The Morgan fingerprint density at radius 3 is 2.59 bits per heavy atom. The lowest BCUT2D eigenvalue weighted by Crippen LogP contribution is -2.36. The molecular weight excluding hydrogens is 587 g/mol. The predicted molar refractivity (Wildman–Crippen MR) is 143 cm³/mol. The Labute approximate surface area is 219 Å². The van der Waals surface area contributed by atoms with Crippen molar-refractivity contribution >= 4 is 74.8 Å². The zero-order valence-corrected chi connectivity index (χ0v) is 21.4. The molecule has 34 heavy (non-hydrogen) atoms. The van der Waals surface area contributed by atoms with E-state index in [0.717, 1.165) is 25.8 Å². The Morgan fingerprint density at radius 1 is 1.06 bits per heavy atom. The van der Waals surface area contributed by atoms with E-state index in [4.69, 9.17) is 16.3 Å². The number of hydrogen-bond donors (Lipinski definition) is 1. The highest BCUT2D eigenvalue weighted by Gasteiger charge is 2.36. The average molecular weight is 605 g/mol. The molecule has 1 N–H and O–H groups in total. The molecule has 1 fully saturated rings. The fourth-order valence-corrected chi connectivity index (χ4v) is 4.52. The first-order valence-corrected chi connectivity index (χ1v) is 12.4. The summed E-state index contributed by atoms with van der Waals surface area (Å²) in [6.45, 7) is -0.0513. The summed E-state index contributed by atoms with van der Waals surface area (Å²) >= 11 is 9.14. The van der Waals surface area contributed by atoms with Crippen molar-refractivity contribution in [2.75, 3.05) is 11.9 Å². The van der Waals surface area contributed by atoms with Gasteiger partial charge >= 0.3 is 0 Å². The van der Waals surface area contributed by atoms with Crippen molar-refractivity contribution in [3.63, 3.8) is 0 Å². The van der Waals surface area contributed by atoms with E-state index in [9.17, 15) is 14.4 Å². The van der Waals surface area contributed by atoms with Gasteiger partial charge in [0.2, 0.25) is 5.91 Å². The van der Waals surface area contributed by atoms with Gasteiger partial charge in [0.15, 0.2) is 0 Å². The Morgan fingerprint density at radius 2 is 1.82 bits per heavy atom. The molecule has 0 aromatic heterocycles. The number of anilines is 1. The van der Waals surface area contributed by atoms with E-state index in [1.54, 1.807) is 48.5 Å². The van der Waals surface area contributed by atoms with Gasteiger partial charge in [-0.25, -0.2) is 0 Å². The van der Waals surface area contributed by atoms with Crippen LogP contribution in [0.3, 0.4) is 0 Å². The fourth-order valence-electron chi connectivity index (χ4n) is 3.14. The lowest BCUT2D eigenvalue weighted by molar-refractivity contribution is -0.127. The molecule has 3 aromatic carbocycles. The van der Waals surface area contributed by atoms with Crippen molar-refractivity contribution in [1.29, 1.82) is 0 Å². The average Bonchev–Trinajstić information content (AvgIpc) is 3.07. The monoisotopic (exact) mass is 604 g/mol. The number of amides is 3. The van der Waals surface area contributed by atoms with Crippen LogP contribution < -0.4 is 10.1 Å². The van der Waals surface area contributed by atoms with Gasteiger partial charge in [-0.2, -0.15) is 0 Å². The summed E-state index contributed by atoms with van der Waals surface area (Å²) in [4.78, 5) is 38.7. The zero-order valence-electron chi connectivity index (χ0n) is 17.7. The van der Waals surface area contributed by atoms with Crippen molar-refractivity contribution in [1.82, 2.24) is 4.90 Å². The number of carbonyl (C=O) groups excluding carboxylic acids is 3. The van der Waals surface area contributed by atoms with Crippen LogP contribution >= 0.6 is 46.0 Å². The third-order valence-electron chi connectivity index (χ3n) is 4.81. The van der Waals surface area contributed by atoms with Gasteiger partial charge in [-0.05, 0) is 88.5 Å². The maximum atomic E-state index is 12.8.